The van der Waals surface area contributed by atoms with Crippen LogP contribution in [0.3, 0.4) is 0 Å². The SMILES string of the molecule is O=C(O)c1cc(NS(=O)(=O)c2ccccc2Cl)ccc1N1CCCCCC1. The lowest BCUT2D eigenvalue weighted by Gasteiger charge is -2.25. The molecule has 0 atom stereocenters. The van der Waals surface area contributed by atoms with Crippen LogP contribution in [0, 0.1) is 0 Å². The number of nitrogens with zero attached hydrogens (tertiary/aromatic N) is 1. The van der Waals surface area contributed by atoms with E-state index in [1.807, 2.05) is 0 Å². The first-order chi connectivity index (χ1) is 12.9. The minimum atomic E-state index is -3.92. The highest BCUT2D eigenvalue weighted by Gasteiger charge is 2.21. The van der Waals surface area contributed by atoms with Crippen molar-refractivity contribution in [3.8, 4) is 0 Å². The molecule has 2 aromatic carbocycles. The summed E-state index contributed by atoms with van der Waals surface area (Å²) >= 11 is 5.98. The number of hydrogen-bond acceptors (Lipinski definition) is 4. The summed E-state index contributed by atoms with van der Waals surface area (Å²) in [6, 6.07) is 10.7. The van der Waals surface area contributed by atoms with Gasteiger partial charge in [0.2, 0.25) is 0 Å². The van der Waals surface area contributed by atoms with Crippen LogP contribution < -0.4 is 9.62 Å². The van der Waals surface area contributed by atoms with Crippen LogP contribution in [0.15, 0.2) is 47.4 Å². The van der Waals surface area contributed by atoms with Crippen molar-refractivity contribution in [1.82, 2.24) is 0 Å². The molecule has 1 fully saturated rings. The van der Waals surface area contributed by atoms with E-state index >= 15 is 0 Å². The number of anilines is 2. The van der Waals surface area contributed by atoms with Crippen LogP contribution in [0.5, 0.6) is 0 Å². The number of halogens is 1. The highest BCUT2D eigenvalue weighted by Crippen LogP contribution is 2.29. The lowest BCUT2D eigenvalue weighted by molar-refractivity contribution is 0.0697. The van der Waals surface area contributed by atoms with Crippen molar-refractivity contribution in [1.29, 1.82) is 0 Å². The standard InChI is InChI=1S/C19H21ClN2O4S/c20-16-7-3-4-8-18(16)27(25,26)21-14-9-10-17(15(13-14)19(23)24)22-11-5-1-2-6-12-22/h3-4,7-10,13,21H,1-2,5-6,11-12H2,(H,23,24). The van der Waals surface area contributed by atoms with E-state index in [1.165, 1.54) is 18.2 Å². The molecule has 8 heteroatoms. The number of hydrogen-bond donors (Lipinski definition) is 2. The van der Waals surface area contributed by atoms with E-state index in [0.29, 0.717) is 5.69 Å². The predicted molar refractivity (Wildman–Crippen MR) is 106 cm³/mol. The minimum absolute atomic E-state index is 0.0554. The monoisotopic (exact) mass is 408 g/mol. The average molecular weight is 409 g/mol. The summed E-state index contributed by atoms with van der Waals surface area (Å²) < 4.78 is 27.6. The number of sulfonamides is 1. The molecule has 0 radical (unpaired) electrons. The van der Waals surface area contributed by atoms with Gasteiger partial charge in [0.25, 0.3) is 10.0 Å². The molecule has 1 saturated heterocycles. The van der Waals surface area contributed by atoms with Crippen molar-refractivity contribution in [3.63, 3.8) is 0 Å². The third-order valence-corrected chi connectivity index (χ3v) is 6.43. The van der Waals surface area contributed by atoms with Gasteiger partial charge in [0.15, 0.2) is 0 Å². The molecule has 0 amide bonds. The van der Waals surface area contributed by atoms with Crippen molar-refractivity contribution in [2.75, 3.05) is 22.7 Å². The van der Waals surface area contributed by atoms with Crippen LogP contribution in [-0.2, 0) is 10.0 Å². The quantitative estimate of drug-likeness (QED) is 0.773. The van der Waals surface area contributed by atoms with E-state index in [1.54, 1.807) is 24.3 Å². The highest BCUT2D eigenvalue weighted by atomic mass is 35.5. The maximum atomic E-state index is 12.6. The maximum Gasteiger partial charge on any atom is 0.337 e. The first-order valence-electron chi connectivity index (χ1n) is 8.78. The van der Waals surface area contributed by atoms with Gasteiger partial charge in [-0.25, -0.2) is 13.2 Å². The number of rotatable bonds is 5. The Labute approximate surface area is 163 Å². The molecule has 0 aliphatic carbocycles. The number of carbonyl (C=O) groups is 1. The first kappa shape index (κ1) is 19.5. The van der Waals surface area contributed by atoms with E-state index in [9.17, 15) is 18.3 Å². The van der Waals surface area contributed by atoms with E-state index in [4.69, 9.17) is 11.6 Å². The third kappa shape index (κ3) is 4.54. The lowest BCUT2D eigenvalue weighted by atomic mass is 10.1. The normalized spacial score (nSPS) is 15.2. The predicted octanol–water partition coefficient (Wildman–Crippen LogP) is 4.22. The zero-order valence-electron chi connectivity index (χ0n) is 14.7. The molecule has 0 bridgehead atoms. The number of carboxylic acids is 1. The molecule has 1 heterocycles. The number of benzene rings is 2. The maximum absolute atomic E-state index is 12.6. The number of carboxylic acid groups (broad SMARTS) is 1. The van der Waals surface area contributed by atoms with Gasteiger partial charge < -0.3 is 10.0 Å². The summed E-state index contributed by atoms with van der Waals surface area (Å²) in [4.78, 5) is 13.8. The molecule has 144 valence electrons. The zero-order valence-corrected chi connectivity index (χ0v) is 16.3. The van der Waals surface area contributed by atoms with Gasteiger partial charge in [-0.3, -0.25) is 4.72 Å². The molecular formula is C19H21ClN2O4S. The lowest BCUT2D eigenvalue weighted by Crippen LogP contribution is -2.26. The molecular weight excluding hydrogens is 388 g/mol. The average Bonchev–Trinajstić information content (AvgIpc) is 2.91. The molecule has 1 aliphatic heterocycles. The van der Waals surface area contributed by atoms with Gasteiger partial charge in [0.05, 0.1) is 16.3 Å². The summed E-state index contributed by atoms with van der Waals surface area (Å²) in [6.45, 7) is 1.59. The molecule has 0 unspecified atom stereocenters. The van der Waals surface area contributed by atoms with Gasteiger partial charge in [0, 0.05) is 18.8 Å². The Kier molecular flexibility index (Phi) is 5.92. The van der Waals surface area contributed by atoms with Crippen LogP contribution in [-0.4, -0.2) is 32.6 Å². The summed E-state index contributed by atoms with van der Waals surface area (Å²) in [5.41, 5.74) is 0.882. The van der Waals surface area contributed by atoms with Crippen molar-refractivity contribution in [2.45, 2.75) is 30.6 Å². The second-order valence-electron chi connectivity index (χ2n) is 6.47. The third-order valence-electron chi connectivity index (χ3n) is 4.55. The van der Waals surface area contributed by atoms with Gasteiger partial charge >= 0.3 is 5.97 Å². The smallest absolute Gasteiger partial charge is 0.337 e. The van der Waals surface area contributed by atoms with Gasteiger partial charge in [-0.1, -0.05) is 36.6 Å². The molecule has 3 rings (SSSR count). The Hall–Kier alpha value is -2.25. The van der Waals surface area contributed by atoms with E-state index in [2.05, 4.69) is 9.62 Å². The Morgan fingerprint density at radius 1 is 1.04 bits per heavy atom. The van der Waals surface area contributed by atoms with Crippen molar-refractivity contribution >= 4 is 39.0 Å². The molecule has 27 heavy (non-hydrogen) atoms. The zero-order chi connectivity index (χ0) is 19.4. The van der Waals surface area contributed by atoms with Crippen LogP contribution >= 0.6 is 11.6 Å². The van der Waals surface area contributed by atoms with E-state index in [0.717, 1.165) is 38.8 Å². The second kappa shape index (κ2) is 8.19. The topological polar surface area (TPSA) is 86.7 Å². The van der Waals surface area contributed by atoms with Gasteiger partial charge in [-0.2, -0.15) is 0 Å². The largest absolute Gasteiger partial charge is 0.478 e. The van der Waals surface area contributed by atoms with E-state index in [-0.39, 0.29) is 21.2 Å². The van der Waals surface area contributed by atoms with Gasteiger partial charge in [0.1, 0.15) is 4.90 Å². The van der Waals surface area contributed by atoms with Crippen molar-refractivity contribution in [3.05, 3.63) is 53.1 Å². The Balaban J connectivity index is 1.92. The van der Waals surface area contributed by atoms with Crippen LogP contribution in [0.25, 0.3) is 0 Å². The Morgan fingerprint density at radius 3 is 2.33 bits per heavy atom. The first-order valence-corrected chi connectivity index (χ1v) is 10.6. The number of aromatic carboxylic acids is 1. The number of nitrogens with one attached hydrogen (secondary N) is 1. The summed E-state index contributed by atoms with van der Waals surface area (Å²) in [6.07, 6.45) is 4.29. The van der Waals surface area contributed by atoms with Gasteiger partial charge in [-0.15, -0.1) is 0 Å². The Morgan fingerprint density at radius 2 is 1.70 bits per heavy atom. The summed E-state index contributed by atoms with van der Waals surface area (Å²) in [5, 5.41) is 9.73. The van der Waals surface area contributed by atoms with Crippen LogP contribution in [0.1, 0.15) is 36.0 Å². The fourth-order valence-electron chi connectivity index (χ4n) is 3.23. The molecule has 0 saturated carbocycles. The Bertz CT molecular complexity index is 938. The molecule has 0 spiro atoms. The summed E-state index contributed by atoms with van der Waals surface area (Å²) in [7, 11) is -3.92. The summed E-state index contributed by atoms with van der Waals surface area (Å²) in [5.74, 6) is -1.09. The minimum Gasteiger partial charge on any atom is -0.478 e. The second-order valence-corrected chi connectivity index (χ2v) is 8.53. The molecule has 6 nitrogen and oxygen atoms in total. The van der Waals surface area contributed by atoms with Crippen LogP contribution in [0.4, 0.5) is 11.4 Å². The van der Waals surface area contributed by atoms with Crippen molar-refractivity contribution in [2.24, 2.45) is 0 Å². The van der Waals surface area contributed by atoms with Crippen molar-refractivity contribution < 1.29 is 18.3 Å². The fourth-order valence-corrected chi connectivity index (χ4v) is 4.80. The molecule has 0 aromatic heterocycles. The fraction of sp³-hybridized carbons (Fsp3) is 0.316. The van der Waals surface area contributed by atoms with Crippen LogP contribution in [0.2, 0.25) is 5.02 Å². The molecule has 2 N–H and O–H groups in total. The van der Waals surface area contributed by atoms with E-state index < -0.39 is 16.0 Å². The molecule has 2 aromatic rings. The van der Waals surface area contributed by atoms with Gasteiger partial charge in [-0.05, 0) is 43.2 Å². The highest BCUT2D eigenvalue weighted by molar-refractivity contribution is 7.92. The molecule has 1 aliphatic rings.